The van der Waals surface area contributed by atoms with Crippen molar-refractivity contribution in [1.82, 2.24) is 4.90 Å². The zero-order chi connectivity index (χ0) is 13.0. The third-order valence-electron chi connectivity index (χ3n) is 3.60. The minimum absolute atomic E-state index is 0.198. The maximum Gasteiger partial charge on any atom is 0.254 e. The molecule has 0 N–H and O–H groups in total. The number of hydrogen-bond donors (Lipinski definition) is 0. The molecule has 0 spiro atoms. The van der Waals surface area contributed by atoms with Gasteiger partial charge in [-0.2, -0.15) is 0 Å². The first-order valence-electron chi connectivity index (χ1n) is 6.66. The predicted octanol–water partition coefficient (Wildman–Crippen LogP) is 3.77. The van der Waals surface area contributed by atoms with Gasteiger partial charge in [0.2, 0.25) is 0 Å². The fourth-order valence-electron chi connectivity index (χ4n) is 2.64. The lowest BCUT2D eigenvalue weighted by molar-refractivity contribution is 0.0610. The van der Waals surface area contributed by atoms with E-state index in [2.05, 4.69) is 20.8 Å². The van der Waals surface area contributed by atoms with Crippen LogP contribution < -0.4 is 0 Å². The molecular formula is C15H20BrNO. The van der Waals surface area contributed by atoms with Gasteiger partial charge in [0.05, 0.1) is 0 Å². The van der Waals surface area contributed by atoms with Crippen molar-refractivity contribution in [3.05, 3.63) is 35.4 Å². The molecule has 1 amide bonds. The highest BCUT2D eigenvalue weighted by Gasteiger charge is 2.26. The van der Waals surface area contributed by atoms with Crippen LogP contribution in [0.3, 0.4) is 0 Å². The Hall–Kier alpha value is -0.830. The Morgan fingerprint density at radius 1 is 1.44 bits per heavy atom. The Labute approximate surface area is 117 Å². The van der Waals surface area contributed by atoms with E-state index in [1.165, 1.54) is 6.42 Å². The molecule has 0 bridgehead atoms. The molecule has 2 rings (SSSR count). The number of piperidine rings is 1. The number of benzene rings is 1. The summed E-state index contributed by atoms with van der Waals surface area (Å²) in [6, 6.07) is 8.32. The van der Waals surface area contributed by atoms with E-state index in [4.69, 9.17) is 0 Å². The highest BCUT2D eigenvalue weighted by molar-refractivity contribution is 9.09. The van der Waals surface area contributed by atoms with E-state index in [1.807, 2.05) is 31.2 Å². The van der Waals surface area contributed by atoms with Crippen LogP contribution in [0.4, 0.5) is 0 Å². The van der Waals surface area contributed by atoms with Crippen molar-refractivity contribution in [3.63, 3.8) is 0 Å². The number of likely N-dealkylation sites (tertiary alicyclic amines) is 1. The van der Waals surface area contributed by atoms with Crippen LogP contribution in [0.2, 0.25) is 0 Å². The molecule has 1 aliphatic heterocycles. The number of carbonyl (C=O) groups excluding carboxylic acids is 1. The monoisotopic (exact) mass is 309 g/mol. The zero-order valence-corrected chi connectivity index (χ0v) is 12.4. The van der Waals surface area contributed by atoms with Crippen LogP contribution in [-0.2, 0) is 0 Å². The first-order chi connectivity index (χ1) is 8.72. The molecule has 1 atom stereocenters. The van der Waals surface area contributed by atoms with Gasteiger partial charge in [0, 0.05) is 23.5 Å². The fraction of sp³-hybridized carbons (Fsp3) is 0.533. The SMILES string of the molecule is Cc1cccc(C(=O)N2CCCCC2CCBr)c1. The predicted molar refractivity (Wildman–Crippen MR) is 78.3 cm³/mol. The molecular weight excluding hydrogens is 290 g/mol. The first kappa shape index (κ1) is 13.6. The maximum absolute atomic E-state index is 12.5. The van der Waals surface area contributed by atoms with Crippen LogP contribution in [0.5, 0.6) is 0 Å². The Kier molecular flexibility index (Phi) is 4.81. The summed E-state index contributed by atoms with van der Waals surface area (Å²) in [5.74, 6) is 0.198. The number of halogens is 1. The molecule has 2 nitrogen and oxygen atoms in total. The molecule has 98 valence electrons. The van der Waals surface area contributed by atoms with Crippen LogP contribution in [0.25, 0.3) is 0 Å². The third-order valence-corrected chi connectivity index (χ3v) is 4.05. The first-order valence-corrected chi connectivity index (χ1v) is 7.78. The van der Waals surface area contributed by atoms with Gasteiger partial charge in [-0.3, -0.25) is 4.79 Å². The number of hydrogen-bond acceptors (Lipinski definition) is 1. The summed E-state index contributed by atoms with van der Waals surface area (Å²) in [4.78, 5) is 14.6. The molecule has 0 aliphatic carbocycles. The average Bonchev–Trinajstić information content (AvgIpc) is 2.39. The van der Waals surface area contributed by atoms with E-state index >= 15 is 0 Å². The van der Waals surface area contributed by atoms with E-state index < -0.39 is 0 Å². The topological polar surface area (TPSA) is 20.3 Å². The summed E-state index contributed by atoms with van der Waals surface area (Å²) in [5, 5.41) is 0.968. The maximum atomic E-state index is 12.5. The molecule has 18 heavy (non-hydrogen) atoms. The van der Waals surface area contributed by atoms with Crippen molar-refractivity contribution in [3.8, 4) is 0 Å². The second kappa shape index (κ2) is 6.37. The summed E-state index contributed by atoms with van der Waals surface area (Å²) >= 11 is 3.49. The van der Waals surface area contributed by atoms with Crippen molar-refractivity contribution in [2.75, 3.05) is 11.9 Å². The molecule has 1 aliphatic rings. The molecule has 1 fully saturated rings. The van der Waals surface area contributed by atoms with Gasteiger partial charge in [-0.05, 0) is 44.7 Å². The molecule has 0 saturated carbocycles. The molecule has 1 aromatic carbocycles. The second-order valence-corrected chi connectivity index (χ2v) is 5.79. The van der Waals surface area contributed by atoms with Crippen LogP contribution in [0.1, 0.15) is 41.6 Å². The molecule has 1 aromatic rings. The smallest absolute Gasteiger partial charge is 0.254 e. The fourth-order valence-corrected chi connectivity index (χ4v) is 3.17. The quantitative estimate of drug-likeness (QED) is 0.778. The molecule has 3 heteroatoms. The lowest BCUT2D eigenvalue weighted by atomic mass is 9.98. The van der Waals surface area contributed by atoms with Gasteiger partial charge in [-0.25, -0.2) is 0 Å². The van der Waals surface area contributed by atoms with Crippen molar-refractivity contribution in [2.45, 2.75) is 38.6 Å². The lowest BCUT2D eigenvalue weighted by Gasteiger charge is -2.35. The number of aryl methyl sites for hydroxylation is 1. The van der Waals surface area contributed by atoms with Crippen LogP contribution in [0.15, 0.2) is 24.3 Å². The van der Waals surface area contributed by atoms with E-state index in [1.54, 1.807) is 0 Å². The minimum Gasteiger partial charge on any atom is -0.336 e. The Bertz CT molecular complexity index is 417. The molecule has 1 saturated heterocycles. The summed E-state index contributed by atoms with van der Waals surface area (Å²) in [5.41, 5.74) is 1.98. The van der Waals surface area contributed by atoms with Crippen molar-refractivity contribution < 1.29 is 4.79 Å². The van der Waals surface area contributed by atoms with Crippen LogP contribution >= 0.6 is 15.9 Å². The Morgan fingerprint density at radius 3 is 3.00 bits per heavy atom. The van der Waals surface area contributed by atoms with Gasteiger partial charge < -0.3 is 4.90 Å². The van der Waals surface area contributed by atoms with Gasteiger partial charge in [0.15, 0.2) is 0 Å². The molecule has 0 aromatic heterocycles. The summed E-state index contributed by atoms with van der Waals surface area (Å²) in [6.45, 7) is 2.94. The van der Waals surface area contributed by atoms with Gasteiger partial charge in [-0.15, -0.1) is 0 Å². The Morgan fingerprint density at radius 2 is 2.28 bits per heavy atom. The molecule has 1 heterocycles. The van der Waals surface area contributed by atoms with Crippen molar-refractivity contribution in [1.29, 1.82) is 0 Å². The summed E-state index contributed by atoms with van der Waals surface area (Å²) < 4.78 is 0. The number of amides is 1. The summed E-state index contributed by atoms with van der Waals surface area (Å²) in [6.07, 6.45) is 4.58. The third kappa shape index (κ3) is 3.14. The van der Waals surface area contributed by atoms with E-state index in [0.29, 0.717) is 6.04 Å². The lowest BCUT2D eigenvalue weighted by Crippen LogP contribution is -2.43. The minimum atomic E-state index is 0.198. The van der Waals surface area contributed by atoms with Gasteiger partial charge >= 0.3 is 0 Å². The average molecular weight is 310 g/mol. The van der Waals surface area contributed by atoms with E-state index in [-0.39, 0.29) is 5.91 Å². The largest absolute Gasteiger partial charge is 0.336 e. The number of rotatable bonds is 3. The highest BCUT2D eigenvalue weighted by atomic mass is 79.9. The number of carbonyl (C=O) groups is 1. The highest BCUT2D eigenvalue weighted by Crippen LogP contribution is 2.22. The Balaban J connectivity index is 2.15. The zero-order valence-electron chi connectivity index (χ0n) is 10.9. The van der Waals surface area contributed by atoms with E-state index in [0.717, 1.165) is 42.3 Å². The number of nitrogens with zero attached hydrogens (tertiary/aromatic N) is 1. The van der Waals surface area contributed by atoms with Crippen molar-refractivity contribution in [2.24, 2.45) is 0 Å². The van der Waals surface area contributed by atoms with Crippen molar-refractivity contribution >= 4 is 21.8 Å². The van der Waals surface area contributed by atoms with E-state index in [9.17, 15) is 4.79 Å². The van der Waals surface area contributed by atoms with Crippen LogP contribution in [0, 0.1) is 6.92 Å². The normalized spacial score (nSPS) is 19.9. The number of alkyl halides is 1. The standard InChI is InChI=1S/C15H20BrNO/c1-12-5-4-6-13(11-12)15(18)17-10-3-2-7-14(17)8-9-16/h4-6,11,14H,2-3,7-10H2,1H3. The molecule has 1 unspecified atom stereocenters. The second-order valence-electron chi connectivity index (χ2n) is 5.00. The van der Waals surface area contributed by atoms with Gasteiger partial charge in [-0.1, -0.05) is 33.6 Å². The molecule has 0 radical (unpaired) electrons. The summed E-state index contributed by atoms with van der Waals surface area (Å²) in [7, 11) is 0. The van der Waals surface area contributed by atoms with Gasteiger partial charge in [0.25, 0.3) is 5.91 Å². The van der Waals surface area contributed by atoms with Gasteiger partial charge in [0.1, 0.15) is 0 Å². The van der Waals surface area contributed by atoms with Crippen LogP contribution in [-0.4, -0.2) is 28.7 Å².